The molecule has 1 atom stereocenters. The molecule has 0 aliphatic carbocycles. The Morgan fingerprint density at radius 3 is 2.82 bits per heavy atom. The van der Waals surface area contributed by atoms with E-state index in [1.54, 1.807) is 24.3 Å². The Bertz CT molecular complexity index is 991. The second-order valence-corrected chi connectivity index (χ2v) is 6.82. The number of fused-ring (bicyclic) bond motifs is 1. The van der Waals surface area contributed by atoms with Gasteiger partial charge in [0.2, 0.25) is 5.91 Å². The highest BCUT2D eigenvalue weighted by molar-refractivity contribution is 5.82. The van der Waals surface area contributed by atoms with Crippen LogP contribution in [0.1, 0.15) is 17.4 Å². The van der Waals surface area contributed by atoms with E-state index in [-0.39, 0.29) is 17.8 Å². The summed E-state index contributed by atoms with van der Waals surface area (Å²) in [6.45, 7) is 1.43. The highest BCUT2D eigenvalue weighted by Gasteiger charge is 2.26. The molecule has 4 rings (SSSR count). The fourth-order valence-electron chi connectivity index (χ4n) is 3.39. The molecule has 0 N–H and O–H groups in total. The number of amides is 1. The second-order valence-electron chi connectivity index (χ2n) is 6.82. The van der Waals surface area contributed by atoms with Crippen molar-refractivity contribution in [3.63, 3.8) is 0 Å². The average molecular weight is 380 g/mol. The van der Waals surface area contributed by atoms with E-state index in [0.717, 1.165) is 22.1 Å². The van der Waals surface area contributed by atoms with Crippen LogP contribution in [-0.2, 0) is 16.0 Å². The van der Waals surface area contributed by atoms with E-state index in [1.165, 1.54) is 12.1 Å². The molecule has 1 aliphatic heterocycles. The lowest BCUT2D eigenvalue weighted by atomic mass is 10.1. The molecule has 1 fully saturated rings. The van der Waals surface area contributed by atoms with Gasteiger partial charge >= 0.3 is 0 Å². The van der Waals surface area contributed by atoms with Crippen molar-refractivity contribution in [2.75, 3.05) is 26.8 Å². The van der Waals surface area contributed by atoms with E-state index in [9.17, 15) is 9.18 Å². The van der Waals surface area contributed by atoms with E-state index >= 15 is 0 Å². The molecule has 1 aromatic heterocycles. The molecule has 2 heterocycles. The van der Waals surface area contributed by atoms with Crippen LogP contribution in [0.2, 0.25) is 0 Å². The molecule has 0 radical (unpaired) electrons. The SMILES string of the molecule is COc1ccc(CC(=O)N2CCO[C@H](c3cc4cc(F)ccc4cn3)C2)cc1. The van der Waals surface area contributed by atoms with E-state index in [2.05, 4.69) is 4.98 Å². The van der Waals surface area contributed by atoms with Gasteiger partial charge in [0, 0.05) is 18.1 Å². The Morgan fingerprint density at radius 2 is 2.04 bits per heavy atom. The van der Waals surface area contributed by atoms with Crippen LogP contribution in [0.5, 0.6) is 5.75 Å². The summed E-state index contributed by atoms with van der Waals surface area (Å²) in [5.41, 5.74) is 1.65. The molecule has 0 bridgehead atoms. The lowest BCUT2D eigenvalue weighted by molar-refractivity contribution is -0.138. The molecule has 144 valence electrons. The fourth-order valence-corrected chi connectivity index (χ4v) is 3.39. The van der Waals surface area contributed by atoms with Gasteiger partial charge in [0.1, 0.15) is 17.7 Å². The van der Waals surface area contributed by atoms with Crippen LogP contribution in [-0.4, -0.2) is 42.6 Å². The van der Waals surface area contributed by atoms with Crippen LogP contribution in [0, 0.1) is 5.82 Å². The summed E-state index contributed by atoms with van der Waals surface area (Å²) >= 11 is 0. The Kier molecular flexibility index (Phi) is 5.21. The predicted octanol–water partition coefficient (Wildman–Crippen LogP) is 3.53. The highest BCUT2D eigenvalue weighted by atomic mass is 19.1. The standard InChI is InChI=1S/C22H21FN2O3/c1-27-19-6-2-15(3-7-19)10-22(26)25-8-9-28-21(14-25)20-12-17-11-18(23)5-4-16(17)13-24-20/h2-7,11-13,21H,8-10,14H2,1H3/t21-/m0/s1. The van der Waals surface area contributed by atoms with Gasteiger partial charge in [-0.3, -0.25) is 9.78 Å². The molecular weight excluding hydrogens is 359 g/mol. The van der Waals surface area contributed by atoms with E-state index in [4.69, 9.17) is 9.47 Å². The maximum atomic E-state index is 13.5. The number of carbonyl (C=O) groups excluding carboxylic acids is 1. The topological polar surface area (TPSA) is 51.7 Å². The van der Waals surface area contributed by atoms with Crippen LogP contribution < -0.4 is 4.74 Å². The van der Waals surface area contributed by atoms with Gasteiger partial charge in [0.15, 0.2) is 0 Å². The number of halogens is 1. The molecule has 1 amide bonds. The molecule has 2 aromatic carbocycles. The molecule has 1 saturated heterocycles. The minimum atomic E-state index is -0.318. The van der Waals surface area contributed by atoms with Gasteiger partial charge in [-0.15, -0.1) is 0 Å². The monoisotopic (exact) mass is 380 g/mol. The van der Waals surface area contributed by atoms with Crippen LogP contribution in [0.4, 0.5) is 4.39 Å². The van der Waals surface area contributed by atoms with Gasteiger partial charge in [0.25, 0.3) is 0 Å². The smallest absolute Gasteiger partial charge is 0.227 e. The second kappa shape index (κ2) is 7.94. The zero-order chi connectivity index (χ0) is 19.5. The molecule has 5 nitrogen and oxygen atoms in total. The van der Waals surface area contributed by atoms with Crippen molar-refractivity contribution in [3.05, 3.63) is 71.8 Å². The number of hydrogen-bond donors (Lipinski definition) is 0. The van der Waals surface area contributed by atoms with Crippen LogP contribution in [0.25, 0.3) is 10.8 Å². The number of hydrogen-bond acceptors (Lipinski definition) is 4. The lowest BCUT2D eigenvalue weighted by Crippen LogP contribution is -2.43. The number of ether oxygens (including phenoxy) is 2. The van der Waals surface area contributed by atoms with Crippen molar-refractivity contribution < 1.29 is 18.7 Å². The first-order chi connectivity index (χ1) is 13.6. The van der Waals surface area contributed by atoms with Gasteiger partial charge in [-0.2, -0.15) is 0 Å². The van der Waals surface area contributed by atoms with E-state index < -0.39 is 0 Å². The van der Waals surface area contributed by atoms with Crippen molar-refractivity contribution in [2.24, 2.45) is 0 Å². The van der Waals surface area contributed by atoms with E-state index in [1.807, 2.05) is 30.3 Å². The Labute approximate surface area is 162 Å². The normalized spacial score (nSPS) is 16.9. The first kappa shape index (κ1) is 18.4. The number of aromatic nitrogens is 1. The lowest BCUT2D eigenvalue weighted by Gasteiger charge is -2.33. The summed E-state index contributed by atoms with van der Waals surface area (Å²) < 4.78 is 24.5. The zero-order valence-electron chi connectivity index (χ0n) is 15.6. The van der Waals surface area contributed by atoms with Gasteiger partial charge in [-0.1, -0.05) is 12.1 Å². The number of benzene rings is 2. The van der Waals surface area contributed by atoms with Crippen molar-refractivity contribution in [1.82, 2.24) is 9.88 Å². The predicted molar refractivity (Wildman–Crippen MR) is 104 cm³/mol. The number of nitrogens with zero attached hydrogens (tertiary/aromatic N) is 2. The number of pyridine rings is 1. The number of morpholine rings is 1. The summed E-state index contributed by atoms with van der Waals surface area (Å²) in [6.07, 6.45) is 1.72. The zero-order valence-corrected chi connectivity index (χ0v) is 15.6. The molecule has 6 heteroatoms. The third-order valence-corrected chi connectivity index (χ3v) is 4.97. The van der Waals surface area contributed by atoms with Crippen molar-refractivity contribution >= 4 is 16.7 Å². The molecular formula is C22H21FN2O3. The maximum Gasteiger partial charge on any atom is 0.227 e. The number of rotatable bonds is 4. The van der Waals surface area contributed by atoms with Crippen molar-refractivity contribution in [3.8, 4) is 5.75 Å². The van der Waals surface area contributed by atoms with Gasteiger partial charge in [0.05, 0.1) is 32.4 Å². The van der Waals surface area contributed by atoms with Crippen LogP contribution in [0.3, 0.4) is 0 Å². The largest absolute Gasteiger partial charge is 0.497 e. The molecule has 0 unspecified atom stereocenters. The summed E-state index contributed by atoms with van der Waals surface area (Å²) in [5.74, 6) is 0.525. The average Bonchev–Trinajstić information content (AvgIpc) is 2.74. The maximum absolute atomic E-state index is 13.5. The van der Waals surface area contributed by atoms with Crippen molar-refractivity contribution in [2.45, 2.75) is 12.5 Å². The summed E-state index contributed by atoms with van der Waals surface area (Å²) in [5, 5.41) is 1.64. The highest BCUT2D eigenvalue weighted by Crippen LogP contribution is 2.25. The Hall–Kier alpha value is -2.99. The summed E-state index contributed by atoms with van der Waals surface area (Å²) in [6, 6.07) is 13.9. The summed E-state index contributed by atoms with van der Waals surface area (Å²) in [7, 11) is 1.61. The minimum absolute atomic E-state index is 0.0466. The first-order valence-corrected chi connectivity index (χ1v) is 9.20. The van der Waals surface area contributed by atoms with Gasteiger partial charge in [-0.05, 0) is 47.3 Å². The fraction of sp³-hybridized carbons (Fsp3) is 0.273. The van der Waals surface area contributed by atoms with Crippen molar-refractivity contribution in [1.29, 1.82) is 0 Å². The molecule has 3 aromatic rings. The van der Waals surface area contributed by atoms with Gasteiger partial charge in [-0.25, -0.2) is 4.39 Å². The molecule has 1 aliphatic rings. The molecule has 0 saturated carbocycles. The van der Waals surface area contributed by atoms with E-state index in [0.29, 0.717) is 31.8 Å². The molecule has 0 spiro atoms. The van der Waals surface area contributed by atoms with Gasteiger partial charge < -0.3 is 14.4 Å². The summed E-state index contributed by atoms with van der Waals surface area (Å²) in [4.78, 5) is 19.0. The third kappa shape index (κ3) is 3.97. The third-order valence-electron chi connectivity index (χ3n) is 4.97. The first-order valence-electron chi connectivity index (χ1n) is 9.20. The van der Waals surface area contributed by atoms with Crippen LogP contribution in [0.15, 0.2) is 54.7 Å². The molecule has 28 heavy (non-hydrogen) atoms. The van der Waals surface area contributed by atoms with Crippen LogP contribution >= 0.6 is 0 Å². The quantitative estimate of drug-likeness (QED) is 0.695. The number of methoxy groups -OCH3 is 1. The Morgan fingerprint density at radius 1 is 1.21 bits per heavy atom. The number of carbonyl (C=O) groups is 1. The Balaban J connectivity index is 1.46. The minimum Gasteiger partial charge on any atom is -0.497 e.